The van der Waals surface area contributed by atoms with Gasteiger partial charge in [-0.25, -0.2) is 19.3 Å². The second-order valence-corrected chi connectivity index (χ2v) is 8.78. The van der Waals surface area contributed by atoms with Gasteiger partial charge in [-0.15, -0.1) is 0 Å². The number of carboxylic acids is 1. The number of ether oxygens (including phenoxy) is 1. The Balaban J connectivity index is 1.44. The lowest BCUT2D eigenvalue weighted by molar-refractivity contribution is -0.154. The molecule has 1 atom stereocenters. The molecule has 1 fully saturated rings. The molecule has 0 aromatic heterocycles. The van der Waals surface area contributed by atoms with E-state index < -0.39 is 29.7 Å². The lowest BCUT2D eigenvalue weighted by atomic mass is 10.1. The summed E-state index contributed by atoms with van der Waals surface area (Å²) in [4.78, 5) is 67.2. The maximum Gasteiger partial charge on any atom is 0.409 e. The van der Waals surface area contributed by atoms with Crippen molar-refractivity contribution in [2.45, 2.75) is 25.6 Å². The first-order valence-electron chi connectivity index (χ1n) is 12.0. The van der Waals surface area contributed by atoms with Crippen LogP contribution < -0.4 is 21.3 Å². The van der Waals surface area contributed by atoms with Crippen LogP contribution in [0.3, 0.4) is 0 Å². The lowest BCUT2D eigenvalue weighted by Gasteiger charge is -2.32. The molecule has 4 rings (SSSR count). The van der Waals surface area contributed by atoms with Crippen LogP contribution in [0.5, 0.6) is 0 Å². The number of aliphatic carboxylic acids is 1. The summed E-state index contributed by atoms with van der Waals surface area (Å²) in [5, 5.41) is 19.9. The normalized spacial score (nSPS) is 17.4. The van der Waals surface area contributed by atoms with Crippen molar-refractivity contribution in [3.8, 4) is 0 Å². The number of carbonyl (C=O) groups is 5. The van der Waals surface area contributed by atoms with Gasteiger partial charge in [0.05, 0.1) is 0 Å². The molecule has 1 saturated heterocycles. The SMILES string of the molecule is C[C@@](NC(=O)OCc1ccccc1)(C(=O)O)N1C(=O)N/C(=C\c2ccc(C(=O)NC3=NCCCN3)cc2)C1=O. The molecule has 5 amide bonds. The van der Waals surface area contributed by atoms with Gasteiger partial charge in [-0.1, -0.05) is 42.5 Å². The highest BCUT2D eigenvalue weighted by molar-refractivity contribution is 6.16. The molecule has 39 heavy (non-hydrogen) atoms. The molecule has 0 radical (unpaired) electrons. The molecule has 2 aliphatic heterocycles. The van der Waals surface area contributed by atoms with E-state index in [4.69, 9.17) is 4.74 Å². The lowest BCUT2D eigenvalue weighted by Crippen LogP contribution is -2.65. The highest BCUT2D eigenvalue weighted by Crippen LogP contribution is 2.23. The minimum atomic E-state index is -2.44. The zero-order valence-corrected chi connectivity index (χ0v) is 20.9. The molecule has 0 spiro atoms. The van der Waals surface area contributed by atoms with Gasteiger partial charge in [-0.2, -0.15) is 0 Å². The van der Waals surface area contributed by atoms with Crippen molar-refractivity contribution in [1.29, 1.82) is 0 Å². The molecule has 0 bridgehead atoms. The van der Waals surface area contributed by atoms with Crippen molar-refractivity contribution >= 4 is 41.9 Å². The van der Waals surface area contributed by atoms with Crippen LogP contribution in [0.15, 0.2) is 65.3 Å². The zero-order chi connectivity index (χ0) is 28.0. The van der Waals surface area contributed by atoms with Gasteiger partial charge in [0, 0.05) is 18.7 Å². The molecule has 2 heterocycles. The number of alkyl carbamates (subject to hydrolysis) is 1. The fourth-order valence-corrected chi connectivity index (χ4v) is 3.80. The van der Waals surface area contributed by atoms with E-state index >= 15 is 0 Å². The summed E-state index contributed by atoms with van der Waals surface area (Å²) >= 11 is 0. The van der Waals surface area contributed by atoms with E-state index in [2.05, 4.69) is 26.3 Å². The number of hydrogen-bond donors (Lipinski definition) is 5. The van der Waals surface area contributed by atoms with Crippen molar-refractivity contribution in [2.75, 3.05) is 13.1 Å². The van der Waals surface area contributed by atoms with Crippen LogP contribution >= 0.6 is 0 Å². The summed E-state index contributed by atoms with van der Waals surface area (Å²) in [5.74, 6) is -2.61. The molecule has 2 aromatic rings. The second kappa shape index (κ2) is 11.5. The fraction of sp³-hybridized carbons (Fsp3) is 0.231. The van der Waals surface area contributed by atoms with Gasteiger partial charge >= 0.3 is 18.1 Å². The van der Waals surface area contributed by atoms with Crippen molar-refractivity contribution in [2.24, 2.45) is 4.99 Å². The molecule has 2 aliphatic rings. The predicted molar refractivity (Wildman–Crippen MR) is 138 cm³/mol. The summed E-state index contributed by atoms with van der Waals surface area (Å²) in [5.41, 5.74) is -1.20. The molecular formula is C26H26N6O7. The number of urea groups is 1. The largest absolute Gasteiger partial charge is 0.478 e. The number of nitrogens with zero attached hydrogens (tertiary/aromatic N) is 2. The zero-order valence-electron chi connectivity index (χ0n) is 20.9. The molecule has 0 saturated carbocycles. The topological polar surface area (TPSA) is 179 Å². The number of imide groups is 1. The third-order valence-corrected chi connectivity index (χ3v) is 5.91. The first-order chi connectivity index (χ1) is 18.7. The maximum absolute atomic E-state index is 13.1. The van der Waals surface area contributed by atoms with Crippen LogP contribution in [-0.4, -0.2) is 64.6 Å². The number of nitrogens with one attached hydrogen (secondary N) is 4. The number of guanidine groups is 1. The highest BCUT2D eigenvalue weighted by atomic mass is 16.5. The van der Waals surface area contributed by atoms with Gasteiger partial charge in [0.2, 0.25) is 5.66 Å². The molecule has 0 unspecified atom stereocenters. The van der Waals surface area contributed by atoms with E-state index in [0.29, 0.717) is 40.6 Å². The molecule has 13 nitrogen and oxygen atoms in total. The smallest absolute Gasteiger partial charge is 0.409 e. The number of carbonyl (C=O) groups excluding carboxylic acids is 4. The average molecular weight is 535 g/mol. The van der Waals surface area contributed by atoms with Crippen molar-refractivity contribution in [3.05, 3.63) is 77.0 Å². The van der Waals surface area contributed by atoms with Gasteiger partial charge in [0.25, 0.3) is 11.8 Å². The number of rotatable bonds is 7. The predicted octanol–water partition coefficient (Wildman–Crippen LogP) is 1.39. The number of aliphatic imine (C=N–C) groups is 1. The Bertz CT molecular complexity index is 1360. The van der Waals surface area contributed by atoms with Crippen molar-refractivity contribution in [3.63, 3.8) is 0 Å². The van der Waals surface area contributed by atoms with Crippen molar-refractivity contribution < 1.29 is 33.8 Å². The molecule has 13 heteroatoms. The van der Waals surface area contributed by atoms with Gasteiger partial charge in [-0.3, -0.25) is 25.2 Å². The van der Waals surface area contributed by atoms with Gasteiger partial charge in [-0.05, 0) is 42.7 Å². The molecular weight excluding hydrogens is 508 g/mol. The summed E-state index contributed by atoms with van der Waals surface area (Å²) in [6, 6.07) is 13.8. The maximum atomic E-state index is 13.1. The molecule has 202 valence electrons. The number of carboxylic acid groups (broad SMARTS) is 1. The number of amides is 5. The average Bonchev–Trinajstić information content (AvgIpc) is 3.21. The number of hydrogen-bond acceptors (Lipinski definition) is 8. The number of benzene rings is 2. The van der Waals surface area contributed by atoms with Crippen LogP contribution in [0.2, 0.25) is 0 Å². The quantitative estimate of drug-likeness (QED) is 0.261. The monoisotopic (exact) mass is 534 g/mol. The summed E-state index contributed by atoms with van der Waals surface area (Å²) < 4.78 is 5.06. The Morgan fingerprint density at radius 2 is 1.85 bits per heavy atom. The van der Waals surface area contributed by atoms with Crippen molar-refractivity contribution in [1.82, 2.24) is 26.2 Å². The molecule has 5 N–H and O–H groups in total. The minimum absolute atomic E-state index is 0.147. The van der Waals surface area contributed by atoms with E-state index in [9.17, 15) is 29.1 Å². The fourth-order valence-electron chi connectivity index (χ4n) is 3.80. The Kier molecular flexibility index (Phi) is 7.89. The van der Waals surface area contributed by atoms with Crippen LogP contribution in [0, 0.1) is 0 Å². The van der Waals surface area contributed by atoms with E-state index in [1.165, 1.54) is 18.2 Å². The summed E-state index contributed by atoms with van der Waals surface area (Å²) in [6.45, 7) is 2.19. The third kappa shape index (κ3) is 6.21. The first-order valence-corrected chi connectivity index (χ1v) is 12.0. The minimum Gasteiger partial charge on any atom is -0.478 e. The standard InChI is InChI=1S/C26H26N6O7/c1-26(22(35)36,31-25(38)39-15-17-6-3-2-4-7-17)32-21(34)19(29-24(32)37)14-16-8-10-18(11-9-16)20(33)30-23-27-12-5-13-28-23/h2-4,6-11,14H,5,12-13,15H2,1H3,(H,29,37)(H,31,38)(H,35,36)(H2,27,28,30,33)/b19-14-/t26-/m0/s1. The Morgan fingerprint density at radius 1 is 1.13 bits per heavy atom. The Labute approximate surface area is 222 Å². The van der Waals surface area contributed by atoms with Gasteiger partial charge in [0.1, 0.15) is 12.3 Å². The van der Waals surface area contributed by atoms with E-state index in [1.807, 2.05) is 0 Å². The Hall–Kier alpha value is -5.20. The van der Waals surface area contributed by atoms with Gasteiger partial charge < -0.3 is 20.5 Å². The Morgan fingerprint density at radius 3 is 2.49 bits per heavy atom. The van der Waals surface area contributed by atoms with Crippen LogP contribution in [-0.2, 0) is 20.9 Å². The first kappa shape index (κ1) is 26.9. The van der Waals surface area contributed by atoms with Gasteiger partial charge in [0.15, 0.2) is 5.96 Å². The van der Waals surface area contributed by atoms with E-state index in [1.54, 1.807) is 42.5 Å². The van der Waals surface area contributed by atoms with E-state index in [0.717, 1.165) is 13.3 Å². The van der Waals surface area contributed by atoms with Crippen LogP contribution in [0.25, 0.3) is 6.08 Å². The van der Waals surface area contributed by atoms with Crippen LogP contribution in [0.1, 0.15) is 34.8 Å². The highest BCUT2D eigenvalue weighted by Gasteiger charge is 2.52. The second-order valence-electron chi connectivity index (χ2n) is 8.78. The molecule has 2 aromatic carbocycles. The van der Waals surface area contributed by atoms with E-state index in [-0.39, 0.29) is 18.2 Å². The third-order valence-electron chi connectivity index (χ3n) is 5.91. The van der Waals surface area contributed by atoms with Crippen LogP contribution in [0.4, 0.5) is 9.59 Å². The summed E-state index contributed by atoms with van der Waals surface area (Å²) in [6.07, 6.45) is 1.07. The molecule has 0 aliphatic carbocycles. The summed E-state index contributed by atoms with van der Waals surface area (Å²) in [7, 11) is 0.